The first-order valence-corrected chi connectivity index (χ1v) is 6.66. The van der Waals surface area contributed by atoms with Crippen LogP contribution in [-0.4, -0.2) is 24.2 Å². The molecule has 0 saturated carbocycles. The number of ether oxygens (including phenoxy) is 2. The van der Waals surface area contributed by atoms with Gasteiger partial charge in [0.05, 0.1) is 25.3 Å². The van der Waals surface area contributed by atoms with Crippen molar-refractivity contribution in [1.29, 1.82) is 0 Å². The van der Waals surface area contributed by atoms with Crippen molar-refractivity contribution in [3.05, 3.63) is 35.4 Å². The van der Waals surface area contributed by atoms with Crippen molar-refractivity contribution in [2.45, 2.75) is 0 Å². The van der Waals surface area contributed by atoms with Gasteiger partial charge in [-0.2, -0.15) is 0 Å². The molecular weight excluding hydrogens is 290 g/mol. The van der Waals surface area contributed by atoms with E-state index in [0.717, 1.165) is 16.6 Å². The second-order valence-corrected chi connectivity index (χ2v) is 5.02. The molecule has 0 atom stereocenters. The van der Waals surface area contributed by atoms with E-state index in [9.17, 15) is 0 Å². The number of nitrogen functional groups attached to an aromatic ring is 1. The van der Waals surface area contributed by atoms with E-state index in [1.165, 1.54) is 0 Å². The SMILES string of the molecule is COc1cc2nc(-c3cc(N)cc(Cl)c3)[nH]c2cc1OC. The van der Waals surface area contributed by atoms with E-state index in [0.29, 0.717) is 28.0 Å². The molecule has 2 aromatic carbocycles. The van der Waals surface area contributed by atoms with Gasteiger partial charge in [-0.3, -0.25) is 0 Å². The largest absolute Gasteiger partial charge is 0.493 e. The van der Waals surface area contributed by atoms with Crippen molar-refractivity contribution in [3.63, 3.8) is 0 Å². The summed E-state index contributed by atoms with van der Waals surface area (Å²) in [5.41, 5.74) is 8.86. The number of anilines is 1. The van der Waals surface area contributed by atoms with Crippen LogP contribution in [-0.2, 0) is 0 Å². The summed E-state index contributed by atoms with van der Waals surface area (Å²) in [7, 11) is 3.19. The van der Waals surface area contributed by atoms with Crippen LogP contribution in [0, 0.1) is 0 Å². The molecule has 0 saturated heterocycles. The number of rotatable bonds is 3. The summed E-state index contributed by atoms with van der Waals surface area (Å²) in [6, 6.07) is 8.99. The average molecular weight is 304 g/mol. The number of nitrogens with zero attached hydrogens (tertiary/aromatic N) is 1. The van der Waals surface area contributed by atoms with Crippen LogP contribution < -0.4 is 15.2 Å². The Kier molecular flexibility index (Phi) is 3.35. The summed E-state index contributed by atoms with van der Waals surface area (Å²) in [6.45, 7) is 0. The fraction of sp³-hybridized carbons (Fsp3) is 0.133. The van der Waals surface area contributed by atoms with Gasteiger partial charge in [0.15, 0.2) is 11.5 Å². The van der Waals surface area contributed by atoms with Crippen LogP contribution in [0.25, 0.3) is 22.4 Å². The van der Waals surface area contributed by atoms with Crippen LogP contribution in [0.3, 0.4) is 0 Å². The normalized spacial score (nSPS) is 10.8. The molecule has 3 aromatic rings. The third kappa shape index (κ3) is 2.48. The molecule has 0 spiro atoms. The van der Waals surface area contributed by atoms with Crippen molar-refractivity contribution in [1.82, 2.24) is 9.97 Å². The maximum atomic E-state index is 6.03. The van der Waals surface area contributed by atoms with Gasteiger partial charge >= 0.3 is 0 Å². The van der Waals surface area contributed by atoms with E-state index in [-0.39, 0.29) is 0 Å². The second-order valence-electron chi connectivity index (χ2n) is 4.58. The Morgan fingerprint density at radius 1 is 1.05 bits per heavy atom. The summed E-state index contributed by atoms with van der Waals surface area (Å²) >= 11 is 6.03. The Bertz CT molecular complexity index is 753. The molecule has 3 rings (SSSR count). The fourth-order valence-corrected chi connectivity index (χ4v) is 2.47. The zero-order valence-electron chi connectivity index (χ0n) is 11.6. The summed E-state index contributed by atoms with van der Waals surface area (Å²) in [4.78, 5) is 7.78. The number of nitrogens with one attached hydrogen (secondary N) is 1. The standard InChI is InChI=1S/C15H14ClN3O2/c1-20-13-6-11-12(7-14(13)21-2)19-15(18-11)8-3-9(16)5-10(17)4-8/h3-7H,17H2,1-2H3,(H,18,19). The Morgan fingerprint density at radius 3 is 2.43 bits per heavy atom. The number of aromatic nitrogens is 2. The Labute approximate surface area is 126 Å². The minimum absolute atomic E-state index is 0.570. The number of hydrogen-bond acceptors (Lipinski definition) is 4. The molecule has 5 nitrogen and oxygen atoms in total. The van der Waals surface area contributed by atoms with Gasteiger partial charge in [-0.25, -0.2) is 4.98 Å². The van der Waals surface area contributed by atoms with Crippen LogP contribution in [0.5, 0.6) is 11.5 Å². The Morgan fingerprint density at radius 2 is 1.76 bits per heavy atom. The predicted molar refractivity (Wildman–Crippen MR) is 84.1 cm³/mol. The van der Waals surface area contributed by atoms with Gasteiger partial charge in [-0.1, -0.05) is 11.6 Å². The highest BCUT2D eigenvalue weighted by Crippen LogP contribution is 2.33. The molecule has 0 aliphatic carbocycles. The first-order chi connectivity index (χ1) is 10.1. The van der Waals surface area contributed by atoms with Gasteiger partial charge in [0, 0.05) is 28.4 Å². The van der Waals surface area contributed by atoms with Crippen LogP contribution >= 0.6 is 11.6 Å². The van der Waals surface area contributed by atoms with Crippen molar-refractivity contribution in [2.75, 3.05) is 20.0 Å². The summed E-state index contributed by atoms with van der Waals surface area (Å²) in [6.07, 6.45) is 0. The quantitative estimate of drug-likeness (QED) is 0.727. The molecule has 1 heterocycles. The highest BCUT2D eigenvalue weighted by atomic mass is 35.5. The van der Waals surface area contributed by atoms with Crippen molar-refractivity contribution >= 4 is 28.3 Å². The number of halogens is 1. The molecule has 0 aliphatic rings. The second kappa shape index (κ2) is 5.18. The van der Waals surface area contributed by atoms with E-state index in [2.05, 4.69) is 9.97 Å². The van der Waals surface area contributed by atoms with Gasteiger partial charge in [0.2, 0.25) is 0 Å². The molecular formula is C15H14ClN3O2. The molecule has 0 unspecified atom stereocenters. The average Bonchev–Trinajstić information content (AvgIpc) is 2.87. The van der Waals surface area contributed by atoms with Gasteiger partial charge in [0.1, 0.15) is 5.82 Å². The summed E-state index contributed by atoms with van der Waals surface area (Å²) in [5, 5.41) is 0.570. The number of methoxy groups -OCH3 is 2. The molecule has 0 radical (unpaired) electrons. The molecule has 3 N–H and O–H groups in total. The maximum Gasteiger partial charge on any atom is 0.163 e. The van der Waals surface area contributed by atoms with Crippen LogP contribution in [0.15, 0.2) is 30.3 Å². The Hall–Kier alpha value is -2.40. The molecule has 0 aliphatic heterocycles. The highest BCUT2D eigenvalue weighted by Gasteiger charge is 2.11. The number of imidazole rings is 1. The maximum absolute atomic E-state index is 6.03. The fourth-order valence-electron chi connectivity index (χ4n) is 2.22. The smallest absolute Gasteiger partial charge is 0.163 e. The van der Waals surface area contributed by atoms with Gasteiger partial charge in [0.25, 0.3) is 0 Å². The van der Waals surface area contributed by atoms with Crippen molar-refractivity contribution in [2.24, 2.45) is 0 Å². The minimum Gasteiger partial charge on any atom is -0.493 e. The minimum atomic E-state index is 0.570. The van der Waals surface area contributed by atoms with E-state index in [1.54, 1.807) is 20.3 Å². The number of hydrogen-bond donors (Lipinski definition) is 2. The number of benzene rings is 2. The number of aromatic amines is 1. The van der Waals surface area contributed by atoms with Gasteiger partial charge in [-0.05, 0) is 18.2 Å². The molecule has 1 aromatic heterocycles. The van der Waals surface area contributed by atoms with Crippen LogP contribution in [0.4, 0.5) is 5.69 Å². The molecule has 6 heteroatoms. The Balaban J connectivity index is 2.16. The number of fused-ring (bicyclic) bond motifs is 1. The first-order valence-electron chi connectivity index (χ1n) is 6.29. The van der Waals surface area contributed by atoms with Gasteiger partial charge in [-0.15, -0.1) is 0 Å². The van der Waals surface area contributed by atoms with Gasteiger partial charge < -0.3 is 20.2 Å². The summed E-state index contributed by atoms with van der Waals surface area (Å²) in [5.74, 6) is 1.97. The number of nitrogens with two attached hydrogens (primary N) is 1. The van der Waals surface area contributed by atoms with E-state index >= 15 is 0 Å². The lowest BCUT2D eigenvalue weighted by atomic mass is 10.2. The lowest BCUT2D eigenvalue weighted by Gasteiger charge is -2.06. The summed E-state index contributed by atoms with van der Waals surface area (Å²) < 4.78 is 10.6. The van der Waals surface area contributed by atoms with E-state index < -0.39 is 0 Å². The monoisotopic (exact) mass is 303 g/mol. The zero-order valence-corrected chi connectivity index (χ0v) is 12.4. The molecule has 0 amide bonds. The zero-order chi connectivity index (χ0) is 15.0. The first kappa shape index (κ1) is 13.6. The van der Waals surface area contributed by atoms with Crippen LogP contribution in [0.2, 0.25) is 5.02 Å². The highest BCUT2D eigenvalue weighted by molar-refractivity contribution is 6.31. The topological polar surface area (TPSA) is 73.2 Å². The van der Waals surface area contributed by atoms with Crippen molar-refractivity contribution in [3.8, 4) is 22.9 Å². The lowest BCUT2D eigenvalue weighted by molar-refractivity contribution is 0.356. The lowest BCUT2D eigenvalue weighted by Crippen LogP contribution is -1.89. The third-order valence-corrected chi connectivity index (χ3v) is 3.40. The molecule has 0 fully saturated rings. The van der Waals surface area contributed by atoms with Crippen LogP contribution in [0.1, 0.15) is 0 Å². The molecule has 0 bridgehead atoms. The predicted octanol–water partition coefficient (Wildman–Crippen LogP) is 3.48. The van der Waals surface area contributed by atoms with Crippen molar-refractivity contribution < 1.29 is 9.47 Å². The number of H-pyrrole nitrogens is 1. The third-order valence-electron chi connectivity index (χ3n) is 3.18. The van der Waals surface area contributed by atoms with E-state index in [1.807, 2.05) is 24.3 Å². The molecule has 21 heavy (non-hydrogen) atoms. The molecule has 108 valence electrons. The van der Waals surface area contributed by atoms with E-state index in [4.69, 9.17) is 26.8 Å².